The van der Waals surface area contributed by atoms with Gasteiger partial charge in [-0.3, -0.25) is 14.6 Å². The average molecular weight is 470 g/mol. The van der Waals surface area contributed by atoms with Gasteiger partial charge in [0.2, 0.25) is 5.91 Å². The quantitative estimate of drug-likeness (QED) is 0.671. The molecule has 2 N–H and O–H groups in total. The Morgan fingerprint density at radius 1 is 1.07 bits per heavy atom. The number of carbonyl (C=O) groups excluding carboxylic acids is 1. The van der Waals surface area contributed by atoms with Crippen LogP contribution in [0, 0.1) is 0 Å². The molecule has 0 aromatic heterocycles. The van der Waals surface area contributed by atoms with Crippen LogP contribution in [0.3, 0.4) is 0 Å². The minimum absolute atomic E-state index is 0. The third-order valence-corrected chi connectivity index (χ3v) is 5.42. The second-order valence-electron chi connectivity index (χ2n) is 7.68. The molecule has 3 rings (SSSR count). The zero-order chi connectivity index (χ0) is 18.5. The number of carbonyl (C=O) groups is 1. The van der Waals surface area contributed by atoms with Gasteiger partial charge < -0.3 is 15.4 Å². The predicted molar refractivity (Wildman–Crippen MR) is 126 cm³/mol. The molecule has 2 aliphatic rings. The van der Waals surface area contributed by atoms with E-state index in [0.29, 0.717) is 12.5 Å². The van der Waals surface area contributed by atoms with E-state index in [4.69, 9.17) is 10.5 Å². The van der Waals surface area contributed by atoms with Crippen molar-refractivity contribution in [1.29, 1.82) is 0 Å². The Labute approximate surface area is 193 Å². The third-order valence-electron chi connectivity index (χ3n) is 5.42. The standard InChI is InChI=1S/C20H32N4O2.3ClH/c1-16(2)24-11-12-26-19(15-24)14-22-7-9-23(10-8-22)20(25)13-17-3-5-18(21)6-4-17;;;/h3-6,16,19H,7-15,21H2,1-2H3;3*1H. The summed E-state index contributed by atoms with van der Waals surface area (Å²) in [5.74, 6) is 0.203. The molecule has 0 saturated carbocycles. The number of nitrogens with zero attached hydrogens (tertiary/aromatic N) is 3. The number of nitrogens with two attached hydrogens (primary N) is 1. The van der Waals surface area contributed by atoms with Gasteiger partial charge in [-0.15, -0.1) is 37.2 Å². The van der Waals surface area contributed by atoms with Crippen LogP contribution in [-0.4, -0.2) is 85.2 Å². The van der Waals surface area contributed by atoms with Gasteiger partial charge in [-0.1, -0.05) is 12.1 Å². The van der Waals surface area contributed by atoms with E-state index >= 15 is 0 Å². The lowest BCUT2D eigenvalue weighted by atomic mass is 10.1. The van der Waals surface area contributed by atoms with E-state index in [-0.39, 0.29) is 49.2 Å². The first kappa shape index (κ1) is 28.2. The second-order valence-corrected chi connectivity index (χ2v) is 7.68. The molecule has 6 nitrogen and oxygen atoms in total. The molecule has 1 aromatic rings. The Balaban J connectivity index is 0.00000261. The molecule has 0 radical (unpaired) electrons. The Bertz CT molecular complexity index is 596. The fourth-order valence-corrected chi connectivity index (χ4v) is 3.71. The second kappa shape index (κ2) is 13.5. The first-order chi connectivity index (χ1) is 12.5. The van der Waals surface area contributed by atoms with Crippen molar-refractivity contribution in [3.63, 3.8) is 0 Å². The summed E-state index contributed by atoms with van der Waals surface area (Å²) in [7, 11) is 0. The Hall–Kier alpha value is -0.760. The van der Waals surface area contributed by atoms with Gasteiger partial charge in [0.25, 0.3) is 0 Å². The number of rotatable bonds is 5. The first-order valence-electron chi connectivity index (χ1n) is 9.71. The largest absolute Gasteiger partial charge is 0.399 e. The van der Waals surface area contributed by atoms with Crippen LogP contribution in [0.1, 0.15) is 19.4 Å². The van der Waals surface area contributed by atoms with E-state index in [1.807, 2.05) is 29.2 Å². The zero-order valence-electron chi connectivity index (χ0n) is 17.3. The minimum Gasteiger partial charge on any atom is -0.399 e. The van der Waals surface area contributed by atoms with E-state index in [2.05, 4.69) is 23.6 Å². The number of amides is 1. The number of hydrogen-bond acceptors (Lipinski definition) is 5. The van der Waals surface area contributed by atoms with E-state index in [9.17, 15) is 4.79 Å². The van der Waals surface area contributed by atoms with Crippen LogP contribution < -0.4 is 5.73 Å². The van der Waals surface area contributed by atoms with Crippen molar-refractivity contribution in [3.05, 3.63) is 29.8 Å². The molecule has 29 heavy (non-hydrogen) atoms. The number of piperazine rings is 1. The maximum Gasteiger partial charge on any atom is 0.227 e. The van der Waals surface area contributed by atoms with Crippen molar-refractivity contribution >= 4 is 48.8 Å². The molecule has 2 heterocycles. The highest BCUT2D eigenvalue weighted by molar-refractivity contribution is 5.86. The number of hydrogen-bond donors (Lipinski definition) is 1. The van der Waals surface area contributed by atoms with Crippen LogP contribution in [0.4, 0.5) is 5.69 Å². The van der Waals surface area contributed by atoms with Gasteiger partial charge in [-0.2, -0.15) is 0 Å². The van der Waals surface area contributed by atoms with E-state index in [1.165, 1.54) is 0 Å². The van der Waals surface area contributed by atoms with Crippen molar-refractivity contribution in [2.45, 2.75) is 32.4 Å². The topological polar surface area (TPSA) is 62.0 Å². The summed E-state index contributed by atoms with van der Waals surface area (Å²) in [6, 6.07) is 8.15. The van der Waals surface area contributed by atoms with Crippen LogP contribution in [0.15, 0.2) is 24.3 Å². The van der Waals surface area contributed by atoms with Gasteiger partial charge in [0, 0.05) is 57.5 Å². The lowest BCUT2D eigenvalue weighted by Crippen LogP contribution is -2.54. The van der Waals surface area contributed by atoms with Crippen LogP contribution in [0.5, 0.6) is 0 Å². The molecule has 2 fully saturated rings. The molecule has 2 saturated heterocycles. The smallest absolute Gasteiger partial charge is 0.227 e. The minimum atomic E-state index is 0. The normalized spacial score (nSPS) is 20.4. The van der Waals surface area contributed by atoms with E-state index in [1.54, 1.807) is 0 Å². The van der Waals surface area contributed by atoms with Crippen LogP contribution in [0.25, 0.3) is 0 Å². The molecule has 1 aromatic carbocycles. The van der Waals surface area contributed by atoms with Gasteiger partial charge >= 0.3 is 0 Å². The predicted octanol–water partition coefficient (Wildman–Crippen LogP) is 2.33. The summed E-state index contributed by atoms with van der Waals surface area (Å²) >= 11 is 0. The number of ether oxygens (including phenoxy) is 1. The van der Waals surface area contributed by atoms with Crippen molar-refractivity contribution in [1.82, 2.24) is 14.7 Å². The molecule has 0 spiro atoms. The van der Waals surface area contributed by atoms with Gasteiger partial charge in [0.1, 0.15) is 0 Å². The molecule has 1 atom stereocenters. The molecular weight excluding hydrogens is 435 g/mol. The summed E-state index contributed by atoms with van der Waals surface area (Å²) in [5, 5.41) is 0. The summed E-state index contributed by atoms with van der Waals surface area (Å²) in [5.41, 5.74) is 7.46. The van der Waals surface area contributed by atoms with Gasteiger partial charge in [-0.05, 0) is 31.5 Å². The fraction of sp³-hybridized carbons (Fsp3) is 0.650. The summed E-state index contributed by atoms with van der Waals surface area (Å²) in [6.07, 6.45) is 0.734. The summed E-state index contributed by atoms with van der Waals surface area (Å²) < 4.78 is 5.95. The number of halogens is 3. The SMILES string of the molecule is CC(C)N1CCOC(CN2CCN(C(=O)Cc3ccc(N)cc3)CC2)C1.Cl.Cl.Cl. The van der Waals surface area contributed by atoms with Gasteiger partial charge in [0.05, 0.1) is 19.1 Å². The average Bonchev–Trinajstić information content (AvgIpc) is 2.64. The number of benzene rings is 1. The molecule has 0 aliphatic carbocycles. The Kier molecular flexibility index (Phi) is 13.2. The molecule has 2 aliphatic heterocycles. The van der Waals surface area contributed by atoms with E-state index < -0.39 is 0 Å². The highest BCUT2D eigenvalue weighted by Gasteiger charge is 2.27. The highest BCUT2D eigenvalue weighted by Crippen LogP contribution is 2.13. The molecule has 0 bridgehead atoms. The maximum atomic E-state index is 12.5. The molecule has 168 valence electrons. The Morgan fingerprint density at radius 2 is 1.69 bits per heavy atom. The lowest BCUT2D eigenvalue weighted by molar-refractivity contribution is -0.132. The number of morpholine rings is 1. The lowest BCUT2D eigenvalue weighted by Gasteiger charge is -2.40. The number of anilines is 1. The monoisotopic (exact) mass is 468 g/mol. The van der Waals surface area contributed by atoms with Crippen molar-refractivity contribution in [2.75, 3.05) is 58.2 Å². The molecular formula is C20H35Cl3N4O2. The first-order valence-corrected chi connectivity index (χ1v) is 9.71. The van der Waals surface area contributed by atoms with Crippen molar-refractivity contribution < 1.29 is 9.53 Å². The van der Waals surface area contributed by atoms with Crippen molar-refractivity contribution in [2.24, 2.45) is 0 Å². The van der Waals surface area contributed by atoms with Crippen molar-refractivity contribution in [3.8, 4) is 0 Å². The molecule has 9 heteroatoms. The molecule has 1 unspecified atom stereocenters. The number of nitrogen functional groups attached to an aromatic ring is 1. The van der Waals surface area contributed by atoms with Gasteiger partial charge in [-0.25, -0.2) is 0 Å². The zero-order valence-corrected chi connectivity index (χ0v) is 19.7. The fourth-order valence-electron chi connectivity index (χ4n) is 3.71. The summed E-state index contributed by atoms with van der Waals surface area (Å²) in [4.78, 5) is 19.4. The highest BCUT2D eigenvalue weighted by atomic mass is 35.5. The Morgan fingerprint density at radius 3 is 2.28 bits per heavy atom. The van der Waals surface area contributed by atoms with Crippen LogP contribution in [0.2, 0.25) is 0 Å². The van der Waals surface area contributed by atoms with Crippen LogP contribution >= 0.6 is 37.2 Å². The molecule has 1 amide bonds. The van der Waals surface area contributed by atoms with E-state index in [0.717, 1.165) is 63.7 Å². The van der Waals surface area contributed by atoms with Gasteiger partial charge in [0.15, 0.2) is 0 Å². The maximum absolute atomic E-state index is 12.5. The van der Waals surface area contributed by atoms with Crippen LogP contribution in [-0.2, 0) is 16.0 Å². The summed E-state index contributed by atoms with van der Waals surface area (Å²) in [6.45, 7) is 11.8. The third kappa shape index (κ3) is 8.48.